The lowest BCUT2D eigenvalue weighted by Crippen LogP contribution is -2.26. The van der Waals surface area contributed by atoms with E-state index in [0.717, 1.165) is 29.4 Å². The Labute approximate surface area is 136 Å². The number of fused-ring (bicyclic) bond motifs is 3. The van der Waals surface area contributed by atoms with Crippen molar-refractivity contribution in [1.29, 1.82) is 0 Å². The number of anilines is 1. The third kappa shape index (κ3) is 2.97. The summed E-state index contributed by atoms with van der Waals surface area (Å²) in [4.78, 5) is 11.4. The third-order valence-electron chi connectivity index (χ3n) is 4.63. The molecule has 2 atom stereocenters. The van der Waals surface area contributed by atoms with Gasteiger partial charge in [-0.2, -0.15) is 0 Å². The second kappa shape index (κ2) is 5.78. The lowest BCUT2D eigenvalue weighted by Gasteiger charge is -2.33. The molecule has 0 amide bonds. The highest BCUT2D eigenvalue weighted by Gasteiger charge is 2.31. The Morgan fingerprint density at radius 2 is 2.18 bits per heavy atom. The topological polar surface area (TPSA) is 58.0 Å². The number of aromatic nitrogens is 2. The van der Waals surface area contributed by atoms with Crippen LogP contribution in [0, 0.1) is 11.3 Å². The molecule has 22 heavy (non-hydrogen) atoms. The Morgan fingerprint density at radius 3 is 2.86 bits per heavy atom. The first-order chi connectivity index (χ1) is 10.4. The first-order valence-electron chi connectivity index (χ1n) is 8.03. The van der Waals surface area contributed by atoms with E-state index in [1.807, 2.05) is 11.3 Å². The van der Waals surface area contributed by atoms with Gasteiger partial charge in [-0.1, -0.05) is 20.8 Å². The SMILES string of the molecule is CC(O)CNc1ncnc2sc3c(c12)CCC(C(C)(C)C)C3. The van der Waals surface area contributed by atoms with Gasteiger partial charge in [0.2, 0.25) is 0 Å². The zero-order valence-electron chi connectivity index (χ0n) is 13.8. The summed E-state index contributed by atoms with van der Waals surface area (Å²) in [6.45, 7) is 9.31. The third-order valence-corrected chi connectivity index (χ3v) is 5.80. The quantitative estimate of drug-likeness (QED) is 0.907. The van der Waals surface area contributed by atoms with E-state index >= 15 is 0 Å². The smallest absolute Gasteiger partial charge is 0.138 e. The summed E-state index contributed by atoms with van der Waals surface area (Å²) in [6.07, 6.45) is 4.72. The maximum Gasteiger partial charge on any atom is 0.138 e. The van der Waals surface area contributed by atoms with E-state index in [4.69, 9.17) is 0 Å². The zero-order valence-corrected chi connectivity index (χ0v) is 14.6. The Morgan fingerprint density at radius 1 is 1.41 bits per heavy atom. The predicted octanol–water partition coefficient (Wildman–Crippen LogP) is 3.64. The van der Waals surface area contributed by atoms with Gasteiger partial charge in [0.05, 0.1) is 11.5 Å². The van der Waals surface area contributed by atoms with Crippen molar-refractivity contribution in [2.24, 2.45) is 11.3 Å². The van der Waals surface area contributed by atoms with E-state index in [-0.39, 0.29) is 6.10 Å². The molecule has 1 aliphatic carbocycles. The summed E-state index contributed by atoms with van der Waals surface area (Å²) in [7, 11) is 0. The molecule has 0 saturated carbocycles. The molecule has 120 valence electrons. The molecular weight excluding hydrogens is 294 g/mol. The molecule has 2 aromatic heterocycles. The van der Waals surface area contributed by atoms with Crippen molar-refractivity contribution in [1.82, 2.24) is 9.97 Å². The van der Waals surface area contributed by atoms with Crippen LogP contribution in [0.5, 0.6) is 0 Å². The van der Waals surface area contributed by atoms with Crippen molar-refractivity contribution in [3.8, 4) is 0 Å². The summed E-state index contributed by atoms with van der Waals surface area (Å²) in [5.41, 5.74) is 1.78. The lowest BCUT2D eigenvalue weighted by atomic mass is 9.72. The number of hydrogen-bond acceptors (Lipinski definition) is 5. The van der Waals surface area contributed by atoms with Gasteiger partial charge >= 0.3 is 0 Å². The second-order valence-electron chi connectivity index (χ2n) is 7.44. The molecule has 0 saturated heterocycles. The minimum Gasteiger partial charge on any atom is -0.392 e. The van der Waals surface area contributed by atoms with Crippen molar-refractivity contribution in [3.63, 3.8) is 0 Å². The van der Waals surface area contributed by atoms with Crippen LogP contribution in [0.1, 0.15) is 44.6 Å². The van der Waals surface area contributed by atoms with Gasteiger partial charge in [0, 0.05) is 11.4 Å². The highest BCUT2D eigenvalue weighted by molar-refractivity contribution is 7.19. The number of thiophene rings is 1. The molecule has 0 radical (unpaired) electrons. The summed E-state index contributed by atoms with van der Waals surface area (Å²) >= 11 is 1.81. The van der Waals surface area contributed by atoms with Crippen LogP contribution in [0.4, 0.5) is 5.82 Å². The number of aliphatic hydroxyl groups excluding tert-OH is 1. The van der Waals surface area contributed by atoms with Gasteiger partial charge in [-0.15, -0.1) is 11.3 Å². The van der Waals surface area contributed by atoms with Crippen molar-refractivity contribution in [2.75, 3.05) is 11.9 Å². The van der Waals surface area contributed by atoms with Gasteiger partial charge in [0.25, 0.3) is 0 Å². The fraction of sp³-hybridized carbons (Fsp3) is 0.647. The van der Waals surface area contributed by atoms with Crippen LogP contribution in [0.3, 0.4) is 0 Å². The molecule has 2 aromatic rings. The number of aliphatic hydroxyl groups is 1. The number of rotatable bonds is 3. The molecule has 5 heteroatoms. The predicted molar refractivity (Wildman–Crippen MR) is 92.6 cm³/mol. The molecule has 2 unspecified atom stereocenters. The van der Waals surface area contributed by atoms with Crippen molar-refractivity contribution in [3.05, 3.63) is 16.8 Å². The van der Waals surface area contributed by atoms with E-state index in [1.54, 1.807) is 13.3 Å². The van der Waals surface area contributed by atoms with Gasteiger partial charge in [-0.3, -0.25) is 0 Å². The largest absolute Gasteiger partial charge is 0.392 e. The van der Waals surface area contributed by atoms with Gasteiger partial charge in [0.15, 0.2) is 0 Å². The average molecular weight is 319 g/mol. The van der Waals surface area contributed by atoms with Gasteiger partial charge in [0.1, 0.15) is 17.0 Å². The maximum absolute atomic E-state index is 9.50. The molecule has 2 N–H and O–H groups in total. The van der Waals surface area contributed by atoms with Crippen LogP contribution in [0.15, 0.2) is 6.33 Å². The monoisotopic (exact) mass is 319 g/mol. The lowest BCUT2D eigenvalue weighted by molar-refractivity contribution is 0.208. The fourth-order valence-electron chi connectivity index (χ4n) is 3.23. The van der Waals surface area contributed by atoms with Crippen molar-refractivity contribution in [2.45, 2.75) is 53.1 Å². The molecule has 4 nitrogen and oxygen atoms in total. The highest BCUT2D eigenvalue weighted by atomic mass is 32.1. The van der Waals surface area contributed by atoms with Crippen molar-refractivity contribution >= 4 is 27.4 Å². The Kier molecular flexibility index (Phi) is 4.12. The number of hydrogen-bond donors (Lipinski definition) is 2. The van der Waals surface area contributed by atoms with E-state index in [9.17, 15) is 5.11 Å². The normalized spacial score (nSPS) is 20.0. The number of aryl methyl sites for hydroxylation is 1. The summed E-state index contributed by atoms with van der Waals surface area (Å²) < 4.78 is 0. The minimum atomic E-state index is -0.384. The minimum absolute atomic E-state index is 0.354. The first-order valence-corrected chi connectivity index (χ1v) is 8.85. The molecule has 3 rings (SSSR count). The maximum atomic E-state index is 9.50. The summed E-state index contributed by atoms with van der Waals surface area (Å²) in [6, 6.07) is 0. The number of nitrogens with one attached hydrogen (secondary N) is 1. The molecule has 2 heterocycles. The van der Waals surface area contributed by atoms with Crippen LogP contribution in [-0.2, 0) is 12.8 Å². The highest BCUT2D eigenvalue weighted by Crippen LogP contribution is 2.44. The van der Waals surface area contributed by atoms with Crippen LogP contribution in [-0.4, -0.2) is 27.7 Å². The van der Waals surface area contributed by atoms with Crippen LogP contribution in [0.2, 0.25) is 0 Å². The number of nitrogens with zero attached hydrogens (tertiary/aromatic N) is 2. The fourth-order valence-corrected chi connectivity index (χ4v) is 4.49. The summed E-state index contributed by atoms with van der Waals surface area (Å²) in [5.74, 6) is 1.60. The Balaban J connectivity index is 1.97. The Bertz CT molecular complexity index is 672. The van der Waals surface area contributed by atoms with Gasteiger partial charge in [-0.05, 0) is 43.1 Å². The molecule has 0 bridgehead atoms. The first kappa shape index (κ1) is 15.7. The van der Waals surface area contributed by atoms with Gasteiger partial charge in [-0.25, -0.2) is 9.97 Å². The van der Waals surface area contributed by atoms with E-state index in [0.29, 0.717) is 12.0 Å². The molecule has 1 aliphatic rings. The summed E-state index contributed by atoms with van der Waals surface area (Å²) in [5, 5.41) is 13.9. The van der Waals surface area contributed by atoms with E-state index in [2.05, 4.69) is 36.1 Å². The zero-order chi connectivity index (χ0) is 15.9. The average Bonchev–Trinajstić information content (AvgIpc) is 2.82. The van der Waals surface area contributed by atoms with Crippen LogP contribution < -0.4 is 5.32 Å². The van der Waals surface area contributed by atoms with Crippen molar-refractivity contribution < 1.29 is 5.11 Å². The molecule has 0 fully saturated rings. The second-order valence-corrected chi connectivity index (χ2v) is 8.53. The molecule has 0 aromatic carbocycles. The van der Waals surface area contributed by atoms with E-state index in [1.165, 1.54) is 22.2 Å². The molecular formula is C17H25N3OS. The van der Waals surface area contributed by atoms with Crippen LogP contribution >= 0.6 is 11.3 Å². The molecule has 0 spiro atoms. The standard InChI is InChI=1S/C17H25N3OS/c1-10(21)8-18-15-14-12-6-5-11(17(2,3)4)7-13(12)22-16(14)20-9-19-15/h9-11,21H,5-8H2,1-4H3,(H,18,19,20). The Hall–Kier alpha value is -1.20. The molecule has 0 aliphatic heterocycles. The van der Waals surface area contributed by atoms with E-state index < -0.39 is 0 Å². The van der Waals surface area contributed by atoms with Crippen LogP contribution in [0.25, 0.3) is 10.2 Å². The van der Waals surface area contributed by atoms with Gasteiger partial charge < -0.3 is 10.4 Å².